The third-order valence-electron chi connectivity index (χ3n) is 4.38. The Hall–Kier alpha value is -0.380. The van der Waals surface area contributed by atoms with Crippen LogP contribution in [0.4, 0.5) is 0 Å². The summed E-state index contributed by atoms with van der Waals surface area (Å²) in [5, 5.41) is 5.30. The Labute approximate surface area is 130 Å². The summed E-state index contributed by atoms with van der Waals surface area (Å²) in [7, 11) is 0. The van der Waals surface area contributed by atoms with E-state index in [1.807, 2.05) is 30.0 Å². The number of halogens is 1. The van der Waals surface area contributed by atoms with E-state index in [0.29, 0.717) is 6.04 Å². The number of hydrogen-bond donors (Lipinski definition) is 1. The monoisotopic (exact) mass is 311 g/mol. The summed E-state index contributed by atoms with van der Waals surface area (Å²) in [6, 6.07) is 6.57. The Balaban J connectivity index is 1.53. The van der Waals surface area contributed by atoms with E-state index in [4.69, 9.17) is 16.3 Å². The predicted molar refractivity (Wildman–Crippen MR) is 87.1 cm³/mol. The van der Waals surface area contributed by atoms with Crippen molar-refractivity contribution in [2.75, 3.05) is 12.8 Å². The van der Waals surface area contributed by atoms with E-state index in [-0.39, 0.29) is 6.10 Å². The van der Waals surface area contributed by atoms with Gasteiger partial charge in [-0.15, -0.1) is 0 Å². The lowest BCUT2D eigenvalue weighted by Gasteiger charge is -2.31. The third-order valence-corrected chi connectivity index (χ3v) is 5.78. The third kappa shape index (κ3) is 3.26. The molecule has 1 aliphatic carbocycles. The van der Waals surface area contributed by atoms with Gasteiger partial charge in [-0.2, -0.15) is 11.8 Å². The lowest BCUT2D eigenvalue weighted by Crippen LogP contribution is -2.44. The van der Waals surface area contributed by atoms with Crippen LogP contribution < -0.4 is 10.1 Å². The molecule has 3 unspecified atom stereocenters. The normalized spacial score (nSPS) is 29.0. The highest BCUT2D eigenvalue weighted by Crippen LogP contribution is 2.31. The van der Waals surface area contributed by atoms with Gasteiger partial charge in [-0.05, 0) is 42.9 Å². The largest absolute Gasteiger partial charge is 0.488 e. The summed E-state index contributed by atoms with van der Waals surface area (Å²) in [4.78, 5) is 0. The quantitative estimate of drug-likeness (QED) is 0.911. The molecule has 0 spiro atoms. The minimum atomic E-state index is 0.257. The van der Waals surface area contributed by atoms with Crippen molar-refractivity contribution in [3.63, 3.8) is 0 Å². The molecule has 1 N–H and O–H groups in total. The topological polar surface area (TPSA) is 21.3 Å². The molecule has 1 saturated carbocycles. The Morgan fingerprint density at radius 2 is 2.20 bits per heavy atom. The van der Waals surface area contributed by atoms with Crippen LogP contribution in [0.2, 0.25) is 5.02 Å². The number of rotatable bonds is 4. The summed E-state index contributed by atoms with van der Waals surface area (Å²) < 4.78 is 5.99. The highest BCUT2D eigenvalue weighted by Gasteiger charge is 2.27. The maximum atomic E-state index is 6.03. The van der Waals surface area contributed by atoms with Gasteiger partial charge in [0.15, 0.2) is 0 Å². The molecule has 4 heteroatoms. The van der Waals surface area contributed by atoms with Gasteiger partial charge in [0.1, 0.15) is 11.9 Å². The minimum absolute atomic E-state index is 0.257. The second-order valence-electron chi connectivity index (χ2n) is 5.77. The van der Waals surface area contributed by atoms with E-state index in [2.05, 4.69) is 11.6 Å². The molecular formula is C16H22ClNOS. The van der Waals surface area contributed by atoms with Crippen LogP contribution in [-0.2, 0) is 6.42 Å². The van der Waals surface area contributed by atoms with Crippen LogP contribution in [0.25, 0.3) is 0 Å². The molecule has 1 heterocycles. The van der Waals surface area contributed by atoms with Crippen molar-refractivity contribution in [2.24, 2.45) is 0 Å². The first-order chi connectivity index (χ1) is 9.76. The maximum Gasteiger partial charge on any atom is 0.123 e. The molecule has 0 saturated heterocycles. The standard InChI is InChI=1S/C16H22ClNOS/c1-20-16-5-3-2-4-14(16)18-10-13-9-11-8-12(17)6-7-15(11)19-13/h6-8,13-14,16,18H,2-5,9-10H2,1H3. The number of fused-ring (bicyclic) bond motifs is 1. The maximum absolute atomic E-state index is 6.03. The predicted octanol–water partition coefficient (Wildman–Crippen LogP) is 3.91. The van der Waals surface area contributed by atoms with Gasteiger partial charge >= 0.3 is 0 Å². The van der Waals surface area contributed by atoms with E-state index in [1.54, 1.807) is 0 Å². The van der Waals surface area contributed by atoms with E-state index >= 15 is 0 Å². The molecule has 2 nitrogen and oxygen atoms in total. The average Bonchev–Trinajstić information content (AvgIpc) is 2.87. The first-order valence-corrected chi connectivity index (χ1v) is 9.14. The van der Waals surface area contributed by atoms with Crippen LogP contribution in [0.15, 0.2) is 18.2 Å². The van der Waals surface area contributed by atoms with Gasteiger partial charge in [0.05, 0.1) is 0 Å². The molecule has 0 amide bonds. The van der Waals surface area contributed by atoms with E-state index in [9.17, 15) is 0 Å². The fourth-order valence-electron chi connectivity index (χ4n) is 3.30. The van der Waals surface area contributed by atoms with Gasteiger partial charge in [0, 0.05) is 29.3 Å². The summed E-state index contributed by atoms with van der Waals surface area (Å²) in [5.74, 6) is 1.01. The summed E-state index contributed by atoms with van der Waals surface area (Å²) in [6.07, 6.45) is 8.85. The number of ether oxygens (including phenoxy) is 1. The molecule has 1 aromatic carbocycles. The first kappa shape index (κ1) is 14.6. The van der Waals surface area contributed by atoms with Gasteiger partial charge < -0.3 is 10.1 Å². The van der Waals surface area contributed by atoms with Crippen molar-refractivity contribution in [1.82, 2.24) is 5.32 Å². The van der Waals surface area contributed by atoms with Crippen LogP contribution in [0, 0.1) is 0 Å². The van der Waals surface area contributed by atoms with Crippen molar-refractivity contribution in [3.05, 3.63) is 28.8 Å². The molecule has 0 radical (unpaired) electrons. The summed E-state index contributed by atoms with van der Waals surface area (Å²) in [5.41, 5.74) is 1.24. The lowest BCUT2D eigenvalue weighted by molar-refractivity contribution is 0.215. The molecule has 110 valence electrons. The number of thioether (sulfide) groups is 1. The van der Waals surface area contributed by atoms with E-state index in [0.717, 1.165) is 29.0 Å². The zero-order valence-electron chi connectivity index (χ0n) is 11.9. The summed E-state index contributed by atoms with van der Waals surface area (Å²) in [6.45, 7) is 0.939. The highest BCUT2D eigenvalue weighted by atomic mass is 35.5. The minimum Gasteiger partial charge on any atom is -0.488 e. The zero-order valence-corrected chi connectivity index (χ0v) is 13.5. The summed E-state index contributed by atoms with van der Waals surface area (Å²) >= 11 is 8.04. The van der Waals surface area contributed by atoms with Crippen molar-refractivity contribution >= 4 is 23.4 Å². The van der Waals surface area contributed by atoms with Crippen molar-refractivity contribution in [2.45, 2.75) is 49.5 Å². The van der Waals surface area contributed by atoms with Crippen LogP contribution in [-0.4, -0.2) is 30.2 Å². The molecular weight excluding hydrogens is 290 g/mol. The molecule has 1 fully saturated rings. The number of nitrogens with one attached hydrogen (secondary N) is 1. The van der Waals surface area contributed by atoms with E-state index < -0.39 is 0 Å². The van der Waals surface area contributed by atoms with Crippen LogP contribution in [0.5, 0.6) is 5.75 Å². The van der Waals surface area contributed by atoms with Gasteiger partial charge in [0.25, 0.3) is 0 Å². The van der Waals surface area contributed by atoms with Gasteiger partial charge in [-0.1, -0.05) is 24.4 Å². The molecule has 3 rings (SSSR count). The van der Waals surface area contributed by atoms with Crippen molar-refractivity contribution in [3.8, 4) is 5.75 Å². The van der Waals surface area contributed by atoms with Crippen LogP contribution in [0.1, 0.15) is 31.2 Å². The van der Waals surface area contributed by atoms with Crippen molar-refractivity contribution in [1.29, 1.82) is 0 Å². The fourth-order valence-corrected chi connectivity index (χ4v) is 4.46. The first-order valence-electron chi connectivity index (χ1n) is 7.47. The van der Waals surface area contributed by atoms with Crippen LogP contribution >= 0.6 is 23.4 Å². The smallest absolute Gasteiger partial charge is 0.123 e. The van der Waals surface area contributed by atoms with Gasteiger partial charge in [0.2, 0.25) is 0 Å². The molecule has 0 aromatic heterocycles. The molecule has 2 aliphatic rings. The highest BCUT2D eigenvalue weighted by molar-refractivity contribution is 7.99. The van der Waals surface area contributed by atoms with Gasteiger partial charge in [-0.25, -0.2) is 0 Å². The zero-order chi connectivity index (χ0) is 13.9. The van der Waals surface area contributed by atoms with Gasteiger partial charge in [-0.3, -0.25) is 0 Å². The number of benzene rings is 1. The average molecular weight is 312 g/mol. The van der Waals surface area contributed by atoms with Crippen LogP contribution in [0.3, 0.4) is 0 Å². The molecule has 1 aliphatic heterocycles. The lowest BCUT2D eigenvalue weighted by atomic mass is 9.94. The SMILES string of the molecule is CSC1CCCCC1NCC1Cc2cc(Cl)ccc2O1. The van der Waals surface area contributed by atoms with E-state index in [1.165, 1.54) is 31.2 Å². The molecule has 1 aromatic rings. The second kappa shape index (κ2) is 6.59. The fraction of sp³-hybridized carbons (Fsp3) is 0.625. The Morgan fingerprint density at radius 1 is 1.35 bits per heavy atom. The Bertz CT molecular complexity index is 468. The molecule has 3 atom stereocenters. The Morgan fingerprint density at radius 3 is 3.05 bits per heavy atom. The van der Waals surface area contributed by atoms with Crippen molar-refractivity contribution < 1.29 is 4.74 Å². The second-order valence-corrected chi connectivity index (χ2v) is 7.28. The Kier molecular flexibility index (Phi) is 4.79. The number of hydrogen-bond acceptors (Lipinski definition) is 3. The molecule has 20 heavy (non-hydrogen) atoms. The molecule has 0 bridgehead atoms.